The molecule has 0 heterocycles. The fraction of sp³-hybridized carbons (Fsp3) is 0.875. The van der Waals surface area contributed by atoms with Crippen LogP contribution in [-0.2, 0) is 4.74 Å². The van der Waals surface area contributed by atoms with E-state index in [-0.39, 0.29) is 0 Å². The molecule has 1 aliphatic rings. The van der Waals surface area contributed by atoms with E-state index in [9.17, 15) is 0 Å². The molecule has 2 unspecified atom stereocenters. The molecule has 58 valence electrons. The lowest BCUT2D eigenvalue weighted by molar-refractivity contribution is 0.389. The van der Waals surface area contributed by atoms with Crippen LogP contribution in [-0.4, -0.2) is 12.2 Å². The minimum atomic E-state index is 0.382. The smallest absolute Gasteiger partial charge is 0.163 e. The van der Waals surface area contributed by atoms with Gasteiger partial charge in [-0.2, -0.15) is 0 Å². The molecule has 0 N–H and O–H groups in total. The molecule has 2 atom stereocenters. The molecule has 1 saturated carbocycles. The van der Waals surface area contributed by atoms with E-state index in [2.05, 4.69) is 20.8 Å². The van der Waals surface area contributed by atoms with Gasteiger partial charge in [-0.25, -0.2) is 0 Å². The second kappa shape index (κ2) is 2.19. The van der Waals surface area contributed by atoms with Crippen LogP contribution in [0.4, 0.5) is 0 Å². The summed E-state index contributed by atoms with van der Waals surface area (Å²) in [6, 6.07) is 0. The average Bonchev–Trinajstić information content (AvgIpc) is 2.33. The fourth-order valence-electron chi connectivity index (χ4n) is 1.53. The normalized spacial score (nSPS) is 35.2. The molecule has 1 fully saturated rings. The standard InChI is InChI=1S/C8H14OS/c1-5-6(7(10)9-4)8(5,2)3/h5-6H,1-4H3. The van der Waals surface area contributed by atoms with Crippen LogP contribution in [0.1, 0.15) is 20.8 Å². The van der Waals surface area contributed by atoms with Crippen LogP contribution in [0.3, 0.4) is 0 Å². The van der Waals surface area contributed by atoms with Gasteiger partial charge in [0, 0.05) is 5.92 Å². The topological polar surface area (TPSA) is 9.23 Å². The van der Waals surface area contributed by atoms with Crippen LogP contribution in [0.2, 0.25) is 0 Å². The number of methoxy groups -OCH3 is 1. The van der Waals surface area contributed by atoms with E-state index in [0.717, 1.165) is 5.05 Å². The SMILES string of the molecule is COC(=S)C1C(C)C1(C)C. The zero-order chi connectivity index (χ0) is 7.94. The molecule has 0 radical (unpaired) electrons. The van der Waals surface area contributed by atoms with Gasteiger partial charge in [0.25, 0.3) is 0 Å². The van der Waals surface area contributed by atoms with Crippen molar-refractivity contribution >= 4 is 17.3 Å². The predicted molar refractivity (Wildman–Crippen MR) is 46.0 cm³/mol. The summed E-state index contributed by atoms with van der Waals surface area (Å²) in [5.41, 5.74) is 0.382. The van der Waals surface area contributed by atoms with Crippen LogP contribution >= 0.6 is 12.2 Å². The largest absolute Gasteiger partial charge is 0.490 e. The van der Waals surface area contributed by atoms with Gasteiger partial charge < -0.3 is 4.74 Å². The first-order chi connectivity index (χ1) is 4.51. The molecular weight excluding hydrogens is 144 g/mol. The highest BCUT2D eigenvalue weighted by atomic mass is 32.1. The Balaban J connectivity index is 2.57. The van der Waals surface area contributed by atoms with Gasteiger partial charge >= 0.3 is 0 Å². The first kappa shape index (κ1) is 7.99. The maximum Gasteiger partial charge on any atom is 0.163 e. The zero-order valence-electron chi connectivity index (χ0n) is 6.97. The molecule has 0 aliphatic heterocycles. The van der Waals surface area contributed by atoms with Gasteiger partial charge in [0.15, 0.2) is 5.05 Å². The summed E-state index contributed by atoms with van der Waals surface area (Å²) in [4.78, 5) is 0. The summed E-state index contributed by atoms with van der Waals surface area (Å²) >= 11 is 5.05. The quantitative estimate of drug-likeness (QED) is 0.541. The van der Waals surface area contributed by atoms with Crippen molar-refractivity contribution in [1.82, 2.24) is 0 Å². The molecule has 0 amide bonds. The number of ether oxygens (including phenoxy) is 1. The highest BCUT2D eigenvalue weighted by Gasteiger charge is 2.57. The summed E-state index contributed by atoms with van der Waals surface area (Å²) in [6.07, 6.45) is 0. The van der Waals surface area contributed by atoms with Gasteiger partial charge in [-0.1, -0.05) is 20.8 Å². The molecule has 1 aliphatic carbocycles. The van der Waals surface area contributed by atoms with Crippen molar-refractivity contribution in [1.29, 1.82) is 0 Å². The van der Waals surface area contributed by atoms with E-state index in [1.54, 1.807) is 7.11 Å². The van der Waals surface area contributed by atoms with E-state index in [0.29, 0.717) is 17.3 Å². The zero-order valence-corrected chi connectivity index (χ0v) is 7.79. The Morgan fingerprint density at radius 3 is 2.00 bits per heavy atom. The Morgan fingerprint density at radius 1 is 1.50 bits per heavy atom. The molecule has 0 aromatic heterocycles. The summed E-state index contributed by atoms with van der Waals surface area (Å²) in [7, 11) is 1.66. The van der Waals surface area contributed by atoms with Crippen LogP contribution in [0, 0.1) is 17.3 Å². The van der Waals surface area contributed by atoms with Gasteiger partial charge in [0.2, 0.25) is 0 Å². The molecule has 0 bridgehead atoms. The van der Waals surface area contributed by atoms with E-state index >= 15 is 0 Å². The second-order valence-corrected chi connectivity index (χ2v) is 4.01. The Morgan fingerprint density at radius 2 is 1.90 bits per heavy atom. The first-order valence-electron chi connectivity index (χ1n) is 3.59. The van der Waals surface area contributed by atoms with Crippen LogP contribution in [0.5, 0.6) is 0 Å². The first-order valence-corrected chi connectivity index (χ1v) is 4.00. The second-order valence-electron chi connectivity index (χ2n) is 3.61. The molecule has 0 spiro atoms. The number of rotatable bonds is 1. The van der Waals surface area contributed by atoms with Crippen molar-refractivity contribution in [2.45, 2.75) is 20.8 Å². The molecule has 0 saturated heterocycles. The fourth-order valence-corrected chi connectivity index (χ4v) is 2.04. The summed E-state index contributed by atoms with van der Waals surface area (Å²) in [5, 5.41) is 0.775. The van der Waals surface area contributed by atoms with Gasteiger partial charge in [0.05, 0.1) is 7.11 Å². The highest BCUT2D eigenvalue weighted by molar-refractivity contribution is 7.80. The van der Waals surface area contributed by atoms with Gasteiger partial charge in [0.1, 0.15) is 0 Å². The van der Waals surface area contributed by atoms with Crippen molar-refractivity contribution in [3.05, 3.63) is 0 Å². The lowest BCUT2D eigenvalue weighted by Gasteiger charge is -2.02. The maximum absolute atomic E-state index is 5.05. The predicted octanol–water partition coefficient (Wildman–Crippen LogP) is 2.25. The third kappa shape index (κ3) is 0.947. The highest BCUT2D eigenvalue weighted by Crippen LogP contribution is 2.58. The van der Waals surface area contributed by atoms with E-state index in [4.69, 9.17) is 17.0 Å². The minimum absolute atomic E-state index is 0.382. The number of hydrogen-bond acceptors (Lipinski definition) is 2. The van der Waals surface area contributed by atoms with E-state index < -0.39 is 0 Å². The molecule has 2 heteroatoms. The average molecular weight is 158 g/mol. The Hall–Kier alpha value is -0.110. The number of hydrogen-bond donors (Lipinski definition) is 0. The third-order valence-electron chi connectivity index (χ3n) is 2.82. The summed E-state index contributed by atoms with van der Waals surface area (Å²) in [5.74, 6) is 1.20. The van der Waals surface area contributed by atoms with Crippen molar-refractivity contribution in [3.8, 4) is 0 Å². The monoisotopic (exact) mass is 158 g/mol. The van der Waals surface area contributed by atoms with Crippen molar-refractivity contribution in [3.63, 3.8) is 0 Å². The van der Waals surface area contributed by atoms with Crippen molar-refractivity contribution < 1.29 is 4.74 Å². The van der Waals surface area contributed by atoms with Gasteiger partial charge in [-0.15, -0.1) is 0 Å². The van der Waals surface area contributed by atoms with Gasteiger partial charge in [-0.05, 0) is 23.6 Å². The molecule has 0 aromatic rings. The van der Waals surface area contributed by atoms with Crippen molar-refractivity contribution in [2.75, 3.05) is 7.11 Å². The van der Waals surface area contributed by atoms with Crippen molar-refractivity contribution in [2.24, 2.45) is 17.3 Å². The summed E-state index contributed by atoms with van der Waals surface area (Å²) < 4.78 is 5.01. The van der Waals surface area contributed by atoms with Gasteiger partial charge in [-0.3, -0.25) is 0 Å². The van der Waals surface area contributed by atoms with E-state index in [1.165, 1.54) is 0 Å². The van der Waals surface area contributed by atoms with E-state index in [1.807, 2.05) is 0 Å². The minimum Gasteiger partial charge on any atom is -0.490 e. The maximum atomic E-state index is 5.05. The molecule has 10 heavy (non-hydrogen) atoms. The Kier molecular flexibility index (Phi) is 1.75. The van der Waals surface area contributed by atoms with Crippen LogP contribution < -0.4 is 0 Å². The molecule has 0 aromatic carbocycles. The Labute approximate surface area is 67.8 Å². The Bertz CT molecular complexity index is 163. The lowest BCUT2D eigenvalue weighted by Crippen LogP contribution is -2.04. The molecular formula is C8H14OS. The molecule has 1 nitrogen and oxygen atoms in total. The third-order valence-corrected chi connectivity index (χ3v) is 3.24. The molecule has 1 rings (SSSR count). The summed E-state index contributed by atoms with van der Waals surface area (Å²) in [6.45, 7) is 6.68. The van der Waals surface area contributed by atoms with Crippen LogP contribution in [0.15, 0.2) is 0 Å². The number of thiocarbonyl (C=S) groups is 1. The van der Waals surface area contributed by atoms with Crippen LogP contribution in [0.25, 0.3) is 0 Å². The lowest BCUT2D eigenvalue weighted by atomic mass is 10.1.